The lowest BCUT2D eigenvalue weighted by atomic mass is 10.1. The van der Waals surface area contributed by atoms with Crippen LogP contribution >= 0.6 is 0 Å². The molecule has 2 heterocycles. The summed E-state index contributed by atoms with van der Waals surface area (Å²) >= 11 is 0. The number of aryl methyl sites for hydroxylation is 3. The number of methoxy groups -OCH3 is 1. The zero-order valence-corrected chi connectivity index (χ0v) is 15.4. The van der Waals surface area contributed by atoms with E-state index in [1.807, 2.05) is 42.3 Å². The summed E-state index contributed by atoms with van der Waals surface area (Å²) in [5.41, 5.74) is 2.37. The van der Waals surface area contributed by atoms with Gasteiger partial charge in [0.2, 0.25) is 5.91 Å². The summed E-state index contributed by atoms with van der Waals surface area (Å²) in [7, 11) is 1.66. The van der Waals surface area contributed by atoms with Gasteiger partial charge in [0.05, 0.1) is 7.11 Å². The monoisotopic (exact) mass is 341 g/mol. The molecule has 1 amide bonds. The summed E-state index contributed by atoms with van der Waals surface area (Å²) in [5.74, 6) is 2.69. The van der Waals surface area contributed by atoms with Crippen LogP contribution in [0, 0.1) is 19.8 Å². The molecule has 25 heavy (non-hydrogen) atoms. The van der Waals surface area contributed by atoms with E-state index < -0.39 is 0 Å². The maximum absolute atomic E-state index is 12.5. The van der Waals surface area contributed by atoms with Crippen molar-refractivity contribution in [3.8, 4) is 5.75 Å². The van der Waals surface area contributed by atoms with Gasteiger partial charge in [-0.25, -0.2) is 4.98 Å². The highest BCUT2D eigenvalue weighted by atomic mass is 16.5. The first-order chi connectivity index (χ1) is 12.1. The molecule has 0 N–H and O–H groups in total. The van der Waals surface area contributed by atoms with Crippen LogP contribution in [-0.2, 0) is 17.8 Å². The van der Waals surface area contributed by atoms with E-state index in [-0.39, 0.29) is 5.91 Å². The Morgan fingerprint density at radius 2 is 2.04 bits per heavy atom. The molecule has 3 rings (SSSR count). The lowest BCUT2D eigenvalue weighted by Gasteiger charge is -2.18. The molecule has 1 atom stereocenters. The highest BCUT2D eigenvalue weighted by molar-refractivity contribution is 5.76. The predicted octanol–water partition coefficient (Wildman–Crippen LogP) is 2.99. The lowest BCUT2D eigenvalue weighted by Crippen LogP contribution is -2.29. The minimum Gasteiger partial charge on any atom is -0.497 e. The number of rotatable bonds is 6. The Hall–Kier alpha value is -2.30. The van der Waals surface area contributed by atoms with Crippen molar-refractivity contribution in [1.29, 1.82) is 0 Å². The average molecular weight is 341 g/mol. The zero-order valence-electron chi connectivity index (χ0n) is 15.4. The van der Waals surface area contributed by atoms with Gasteiger partial charge >= 0.3 is 0 Å². The first-order valence-corrected chi connectivity index (χ1v) is 8.96. The van der Waals surface area contributed by atoms with Gasteiger partial charge in [-0.3, -0.25) is 4.79 Å². The minimum absolute atomic E-state index is 0.261. The third-order valence-corrected chi connectivity index (χ3v) is 5.12. The highest BCUT2D eigenvalue weighted by Crippen LogP contribution is 2.21. The fraction of sp³-hybridized carbons (Fsp3) is 0.500. The first kappa shape index (κ1) is 17.5. The number of benzene rings is 1. The normalized spacial score (nSPS) is 17.1. The standard InChI is InChI=1S/C20H27N3O2/c1-15-12-21-16(2)23(15)14-18-10-11-22(13-18)20(24)9-6-17-4-7-19(25-3)8-5-17/h4-5,7-8,12,18H,6,9-11,13-14H2,1-3H3. The van der Waals surface area contributed by atoms with Crippen molar-refractivity contribution < 1.29 is 9.53 Å². The van der Waals surface area contributed by atoms with E-state index in [1.165, 1.54) is 11.3 Å². The molecule has 1 fully saturated rings. The minimum atomic E-state index is 0.261. The Bertz CT molecular complexity index is 702. The second-order valence-electron chi connectivity index (χ2n) is 6.90. The molecule has 0 radical (unpaired) electrons. The predicted molar refractivity (Wildman–Crippen MR) is 97.7 cm³/mol. The number of nitrogens with zero attached hydrogens (tertiary/aromatic N) is 3. The van der Waals surface area contributed by atoms with Gasteiger partial charge in [0.25, 0.3) is 0 Å². The van der Waals surface area contributed by atoms with E-state index in [4.69, 9.17) is 4.74 Å². The largest absolute Gasteiger partial charge is 0.497 e. The van der Waals surface area contributed by atoms with E-state index in [9.17, 15) is 4.79 Å². The van der Waals surface area contributed by atoms with Gasteiger partial charge in [0.15, 0.2) is 0 Å². The third kappa shape index (κ3) is 4.21. The van der Waals surface area contributed by atoms with Crippen molar-refractivity contribution in [1.82, 2.24) is 14.5 Å². The molecular formula is C20H27N3O2. The molecule has 134 valence electrons. The molecule has 1 saturated heterocycles. The maximum atomic E-state index is 12.5. The van der Waals surface area contributed by atoms with Crippen molar-refractivity contribution in [2.75, 3.05) is 20.2 Å². The van der Waals surface area contributed by atoms with Gasteiger partial charge in [-0.15, -0.1) is 0 Å². The number of imidazole rings is 1. The maximum Gasteiger partial charge on any atom is 0.222 e. The summed E-state index contributed by atoms with van der Waals surface area (Å²) < 4.78 is 7.43. The van der Waals surface area contributed by atoms with Crippen molar-refractivity contribution in [2.45, 2.75) is 39.7 Å². The third-order valence-electron chi connectivity index (χ3n) is 5.12. The second-order valence-corrected chi connectivity index (χ2v) is 6.90. The van der Waals surface area contributed by atoms with Crippen LogP contribution in [0.4, 0.5) is 0 Å². The molecule has 1 aromatic heterocycles. The van der Waals surface area contributed by atoms with Gasteiger partial charge in [0.1, 0.15) is 11.6 Å². The van der Waals surface area contributed by atoms with E-state index >= 15 is 0 Å². The fourth-order valence-electron chi connectivity index (χ4n) is 3.53. The summed E-state index contributed by atoms with van der Waals surface area (Å²) in [6.45, 7) is 6.82. The topological polar surface area (TPSA) is 47.4 Å². The molecule has 1 aliphatic heterocycles. The Morgan fingerprint density at radius 3 is 2.68 bits per heavy atom. The van der Waals surface area contributed by atoms with Gasteiger partial charge in [-0.1, -0.05) is 12.1 Å². The van der Waals surface area contributed by atoms with E-state index in [0.717, 1.165) is 44.0 Å². The number of aromatic nitrogens is 2. The quantitative estimate of drug-likeness (QED) is 0.811. The fourth-order valence-corrected chi connectivity index (χ4v) is 3.53. The molecule has 0 aliphatic carbocycles. The molecule has 0 bridgehead atoms. The molecule has 5 nitrogen and oxygen atoms in total. The van der Waals surface area contributed by atoms with Crippen molar-refractivity contribution >= 4 is 5.91 Å². The van der Waals surface area contributed by atoms with Crippen LogP contribution < -0.4 is 4.74 Å². The van der Waals surface area contributed by atoms with Gasteiger partial charge in [0, 0.05) is 37.9 Å². The number of hydrogen-bond donors (Lipinski definition) is 0. The van der Waals surface area contributed by atoms with Crippen molar-refractivity contribution in [2.24, 2.45) is 5.92 Å². The van der Waals surface area contributed by atoms with Crippen molar-refractivity contribution in [3.63, 3.8) is 0 Å². The number of carbonyl (C=O) groups excluding carboxylic acids is 1. The zero-order chi connectivity index (χ0) is 17.8. The Kier molecular flexibility index (Phi) is 5.41. The molecule has 0 saturated carbocycles. The Morgan fingerprint density at radius 1 is 1.28 bits per heavy atom. The molecular weight excluding hydrogens is 314 g/mol. The second kappa shape index (κ2) is 7.72. The number of likely N-dealkylation sites (tertiary alicyclic amines) is 1. The lowest BCUT2D eigenvalue weighted by molar-refractivity contribution is -0.130. The van der Waals surface area contributed by atoms with Crippen LogP contribution in [0.1, 0.15) is 29.9 Å². The van der Waals surface area contributed by atoms with E-state index in [0.29, 0.717) is 12.3 Å². The SMILES string of the molecule is COc1ccc(CCC(=O)N2CCC(Cn3c(C)cnc3C)C2)cc1. The summed E-state index contributed by atoms with van der Waals surface area (Å²) in [5, 5.41) is 0. The molecule has 1 aliphatic rings. The number of carbonyl (C=O) groups is 1. The van der Waals surface area contributed by atoms with Gasteiger partial charge < -0.3 is 14.2 Å². The molecule has 0 spiro atoms. The number of hydrogen-bond acceptors (Lipinski definition) is 3. The average Bonchev–Trinajstić information content (AvgIpc) is 3.22. The molecule has 5 heteroatoms. The number of amides is 1. The smallest absolute Gasteiger partial charge is 0.222 e. The molecule has 1 unspecified atom stereocenters. The van der Waals surface area contributed by atoms with Crippen LogP contribution in [0.25, 0.3) is 0 Å². The molecule has 1 aromatic carbocycles. The first-order valence-electron chi connectivity index (χ1n) is 8.96. The van der Waals surface area contributed by atoms with E-state index in [2.05, 4.69) is 16.5 Å². The van der Waals surface area contributed by atoms with E-state index in [1.54, 1.807) is 7.11 Å². The van der Waals surface area contributed by atoms with Gasteiger partial charge in [-0.2, -0.15) is 0 Å². The summed E-state index contributed by atoms with van der Waals surface area (Å²) in [4.78, 5) is 18.9. The summed E-state index contributed by atoms with van der Waals surface area (Å²) in [6.07, 6.45) is 4.35. The van der Waals surface area contributed by atoms with Crippen LogP contribution in [0.15, 0.2) is 30.5 Å². The highest BCUT2D eigenvalue weighted by Gasteiger charge is 2.26. The van der Waals surface area contributed by atoms with Crippen LogP contribution in [0.3, 0.4) is 0 Å². The van der Waals surface area contributed by atoms with Crippen LogP contribution in [0.2, 0.25) is 0 Å². The summed E-state index contributed by atoms with van der Waals surface area (Å²) in [6, 6.07) is 7.95. The van der Waals surface area contributed by atoms with Crippen LogP contribution in [-0.4, -0.2) is 40.6 Å². The Labute approximate surface area is 149 Å². The van der Waals surface area contributed by atoms with Crippen LogP contribution in [0.5, 0.6) is 5.75 Å². The molecule has 2 aromatic rings. The van der Waals surface area contributed by atoms with Crippen molar-refractivity contribution in [3.05, 3.63) is 47.5 Å². The Balaban J connectivity index is 1.48. The number of ether oxygens (including phenoxy) is 1. The van der Waals surface area contributed by atoms with Gasteiger partial charge in [-0.05, 0) is 50.3 Å².